The first kappa shape index (κ1) is 13.0. The minimum Gasteiger partial charge on any atom is -0.455 e. The van der Waals surface area contributed by atoms with E-state index in [1.807, 2.05) is 0 Å². The molecule has 1 aromatic rings. The normalized spacial score (nSPS) is 15.9. The average Bonchev–Trinajstić information content (AvgIpc) is 2.86. The maximum atomic E-state index is 12.1. The van der Waals surface area contributed by atoms with Crippen molar-refractivity contribution in [2.45, 2.75) is 12.8 Å². The number of furan rings is 1. The Morgan fingerprint density at radius 3 is 2.33 bits per heavy atom. The maximum Gasteiger partial charge on any atom is 0.289 e. The number of halogens is 1. The minimum atomic E-state index is -0.144. The van der Waals surface area contributed by atoms with E-state index in [1.54, 1.807) is 21.9 Å². The molecule has 0 spiro atoms. The van der Waals surface area contributed by atoms with Crippen molar-refractivity contribution in [1.82, 2.24) is 9.80 Å². The summed E-state index contributed by atoms with van der Waals surface area (Å²) in [4.78, 5) is 26.7. The molecule has 1 aliphatic heterocycles. The summed E-state index contributed by atoms with van der Waals surface area (Å²) in [7, 11) is 0. The van der Waals surface area contributed by atoms with Crippen molar-refractivity contribution in [3.63, 3.8) is 0 Å². The van der Waals surface area contributed by atoms with Gasteiger partial charge in [-0.05, 0) is 12.1 Å². The summed E-state index contributed by atoms with van der Waals surface area (Å²) in [6.07, 6.45) is 0. The van der Waals surface area contributed by atoms with Crippen molar-refractivity contribution >= 4 is 23.4 Å². The van der Waals surface area contributed by atoms with Gasteiger partial charge in [0, 0.05) is 33.1 Å². The standard InChI is InChI=1S/C12H15ClN2O3/c1-9(16)14-4-6-15(7-5-14)12(17)11-3-2-10(8-13)18-11/h2-3H,4-8H2,1H3. The van der Waals surface area contributed by atoms with Gasteiger partial charge in [0.2, 0.25) is 5.91 Å². The Labute approximate surface area is 110 Å². The first-order chi connectivity index (χ1) is 8.61. The minimum absolute atomic E-state index is 0.0459. The molecule has 1 saturated heterocycles. The lowest BCUT2D eigenvalue weighted by molar-refractivity contribution is -0.130. The first-order valence-electron chi connectivity index (χ1n) is 5.81. The van der Waals surface area contributed by atoms with Crippen LogP contribution >= 0.6 is 11.6 Å². The summed E-state index contributed by atoms with van der Waals surface area (Å²) in [5.41, 5.74) is 0. The van der Waals surface area contributed by atoms with E-state index in [4.69, 9.17) is 16.0 Å². The third-order valence-electron chi connectivity index (χ3n) is 3.02. The van der Waals surface area contributed by atoms with Gasteiger partial charge in [0.25, 0.3) is 5.91 Å². The zero-order valence-electron chi connectivity index (χ0n) is 10.2. The van der Waals surface area contributed by atoms with Gasteiger partial charge in [-0.1, -0.05) is 0 Å². The van der Waals surface area contributed by atoms with Gasteiger partial charge in [-0.15, -0.1) is 11.6 Å². The fourth-order valence-electron chi connectivity index (χ4n) is 1.94. The molecule has 5 nitrogen and oxygen atoms in total. The van der Waals surface area contributed by atoms with E-state index in [0.717, 1.165) is 0 Å². The number of alkyl halides is 1. The van der Waals surface area contributed by atoms with Gasteiger partial charge >= 0.3 is 0 Å². The number of carbonyl (C=O) groups excluding carboxylic acids is 2. The Hall–Kier alpha value is -1.49. The molecule has 0 bridgehead atoms. The highest BCUT2D eigenvalue weighted by Gasteiger charge is 2.24. The SMILES string of the molecule is CC(=O)N1CCN(C(=O)c2ccc(CCl)o2)CC1. The molecule has 0 radical (unpaired) electrons. The lowest BCUT2D eigenvalue weighted by Gasteiger charge is -2.33. The molecule has 0 unspecified atom stereocenters. The molecule has 98 valence electrons. The van der Waals surface area contributed by atoms with E-state index >= 15 is 0 Å². The van der Waals surface area contributed by atoms with E-state index < -0.39 is 0 Å². The van der Waals surface area contributed by atoms with E-state index in [9.17, 15) is 9.59 Å². The molecule has 0 atom stereocenters. The number of amides is 2. The third-order valence-corrected chi connectivity index (χ3v) is 3.28. The summed E-state index contributed by atoms with van der Waals surface area (Å²) in [5.74, 6) is 1.05. The summed E-state index contributed by atoms with van der Waals surface area (Å²) >= 11 is 5.62. The number of hydrogen-bond donors (Lipinski definition) is 0. The van der Waals surface area contributed by atoms with Crippen LogP contribution in [0.2, 0.25) is 0 Å². The molecule has 18 heavy (non-hydrogen) atoms. The molecular formula is C12H15ClN2O3. The molecule has 2 amide bonds. The monoisotopic (exact) mass is 270 g/mol. The van der Waals surface area contributed by atoms with Crippen molar-refractivity contribution in [2.24, 2.45) is 0 Å². The van der Waals surface area contributed by atoms with E-state index in [-0.39, 0.29) is 17.7 Å². The number of hydrogen-bond acceptors (Lipinski definition) is 3. The zero-order valence-corrected chi connectivity index (χ0v) is 10.9. The van der Waals surface area contributed by atoms with Crippen molar-refractivity contribution in [3.8, 4) is 0 Å². The smallest absolute Gasteiger partial charge is 0.289 e. The second kappa shape index (κ2) is 5.44. The molecule has 0 aliphatic carbocycles. The average molecular weight is 271 g/mol. The molecule has 0 aromatic carbocycles. The Kier molecular flexibility index (Phi) is 3.91. The van der Waals surface area contributed by atoms with Crippen LogP contribution in [0.25, 0.3) is 0 Å². The second-order valence-corrected chi connectivity index (χ2v) is 4.47. The fourth-order valence-corrected chi connectivity index (χ4v) is 2.09. The van der Waals surface area contributed by atoms with Gasteiger partial charge in [0.05, 0.1) is 5.88 Å². The Morgan fingerprint density at radius 1 is 1.22 bits per heavy atom. The molecular weight excluding hydrogens is 256 g/mol. The highest BCUT2D eigenvalue weighted by Crippen LogP contribution is 2.14. The highest BCUT2D eigenvalue weighted by molar-refractivity contribution is 6.16. The largest absolute Gasteiger partial charge is 0.455 e. The van der Waals surface area contributed by atoms with Crippen LogP contribution in [0.1, 0.15) is 23.2 Å². The summed E-state index contributed by atoms with van der Waals surface area (Å²) in [6, 6.07) is 3.34. The van der Waals surface area contributed by atoms with Crippen LogP contribution in [0.4, 0.5) is 0 Å². The summed E-state index contributed by atoms with van der Waals surface area (Å²) in [6.45, 7) is 3.76. The maximum absolute atomic E-state index is 12.1. The van der Waals surface area contributed by atoms with Gasteiger partial charge in [-0.25, -0.2) is 0 Å². The lowest BCUT2D eigenvalue weighted by atomic mass is 10.3. The molecule has 0 N–H and O–H groups in total. The highest BCUT2D eigenvalue weighted by atomic mass is 35.5. The van der Waals surface area contributed by atoms with Gasteiger partial charge < -0.3 is 14.2 Å². The van der Waals surface area contributed by atoms with Gasteiger partial charge in [-0.3, -0.25) is 9.59 Å². The quantitative estimate of drug-likeness (QED) is 0.762. The predicted octanol–water partition coefficient (Wildman–Crippen LogP) is 1.32. The third kappa shape index (κ3) is 2.67. The van der Waals surface area contributed by atoms with E-state index in [2.05, 4.69) is 0 Å². The van der Waals surface area contributed by atoms with Crippen molar-refractivity contribution in [2.75, 3.05) is 26.2 Å². The van der Waals surface area contributed by atoms with Crippen LogP contribution in [0.15, 0.2) is 16.5 Å². The lowest BCUT2D eigenvalue weighted by Crippen LogP contribution is -2.50. The first-order valence-corrected chi connectivity index (χ1v) is 6.34. The van der Waals surface area contributed by atoms with E-state index in [0.29, 0.717) is 37.7 Å². The Morgan fingerprint density at radius 2 is 1.83 bits per heavy atom. The molecule has 1 aliphatic rings. The molecule has 1 fully saturated rings. The fraction of sp³-hybridized carbons (Fsp3) is 0.500. The van der Waals surface area contributed by atoms with Crippen LogP contribution in [0, 0.1) is 0 Å². The van der Waals surface area contributed by atoms with Crippen LogP contribution in [-0.4, -0.2) is 47.8 Å². The summed E-state index contributed by atoms with van der Waals surface area (Å²) in [5, 5.41) is 0. The molecule has 6 heteroatoms. The van der Waals surface area contributed by atoms with Crippen molar-refractivity contribution < 1.29 is 14.0 Å². The summed E-state index contributed by atoms with van der Waals surface area (Å²) < 4.78 is 5.32. The van der Waals surface area contributed by atoms with Crippen molar-refractivity contribution in [3.05, 3.63) is 23.7 Å². The number of rotatable bonds is 2. The van der Waals surface area contributed by atoms with Crippen molar-refractivity contribution in [1.29, 1.82) is 0 Å². The topological polar surface area (TPSA) is 53.8 Å². The molecule has 1 aromatic heterocycles. The number of piperazine rings is 1. The van der Waals surface area contributed by atoms with Crippen LogP contribution < -0.4 is 0 Å². The number of nitrogens with zero attached hydrogens (tertiary/aromatic N) is 2. The second-order valence-electron chi connectivity index (χ2n) is 4.20. The molecule has 2 rings (SSSR count). The van der Waals surface area contributed by atoms with E-state index in [1.165, 1.54) is 6.92 Å². The molecule has 0 saturated carbocycles. The zero-order chi connectivity index (χ0) is 13.1. The van der Waals surface area contributed by atoms with Gasteiger partial charge in [0.1, 0.15) is 5.76 Å². The van der Waals surface area contributed by atoms with Gasteiger partial charge in [0.15, 0.2) is 5.76 Å². The predicted molar refractivity (Wildman–Crippen MR) is 66.4 cm³/mol. The number of carbonyl (C=O) groups is 2. The molecule has 2 heterocycles. The van der Waals surface area contributed by atoms with Crippen LogP contribution in [-0.2, 0) is 10.7 Å². The van der Waals surface area contributed by atoms with Crippen LogP contribution in [0.3, 0.4) is 0 Å². The van der Waals surface area contributed by atoms with Gasteiger partial charge in [-0.2, -0.15) is 0 Å². The Balaban J connectivity index is 1.97. The van der Waals surface area contributed by atoms with Crippen LogP contribution in [0.5, 0.6) is 0 Å². The Bertz CT molecular complexity index is 450.